The van der Waals surface area contributed by atoms with Crippen LogP contribution in [0.3, 0.4) is 0 Å². The zero-order valence-corrected chi connectivity index (χ0v) is 9.85. The summed E-state index contributed by atoms with van der Waals surface area (Å²) < 4.78 is 0. The highest BCUT2D eigenvalue weighted by Crippen LogP contribution is 1.95. The molecule has 2 atom stereocenters. The molecule has 0 aromatic heterocycles. The van der Waals surface area contributed by atoms with Crippen LogP contribution in [0.5, 0.6) is 0 Å². The van der Waals surface area contributed by atoms with E-state index in [0.29, 0.717) is 0 Å². The molecule has 2 unspecified atom stereocenters. The molecular formula is C10H19N3O4. The molecule has 17 heavy (non-hydrogen) atoms. The second-order valence-electron chi connectivity index (χ2n) is 4.15. The van der Waals surface area contributed by atoms with Crippen molar-refractivity contribution in [1.82, 2.24) is 15.5 Å². The summed E-state index contributed by atoms with van der Waals surface area (Å²) in [6.07, 6.45) is -1.11. The number of piperazine rings is 1. The molecule has 1 amide bonds. The molecule has 1 fully saturated rings. The molecule has 0 radical (unpaired) electrons. The van der Waals surface area contributed by atoms with E-state index in [1.165, 1.54) is 6.92 Å². The van der Waals surface area contributed by atoms with Gasteiger partial charge in [-0.25, -0.2) is 4.79 Å². The largest absolute Gasteiger partial charge is 0.480 e. The third-order valence-electron chi connectivity index (χ3n) is 2.64. The number of amides is 1. The van der Waals surface area contributed by atoms with Crippen molar-refractivity contribution in [3.05, 3.63) is 0 Å². The van der Waals surface area contributed by atoms with Crippen molar-refractivity contribution in [2.75, 3.05) is 32.7 Å². The van der Waals surface area contributed by atoms with Crippen LogP contribution in [0.2, 0.25) is 0 Å². The van der Waals surface area contributed by atoms with E-state index in [1.54, 1.807) is 0 Å². The monoisotopic (exact) mass is 245 g/mol. The molecular weight excluding hydrogens is 226 g/mol. The van der Waals surface area contributed by atoms with Crippen molar-refractivity contribution < 1.29 is 19.8 Å². The summed E-state index contributed by atoms with van der Waals surface area (Å²) in [6, 6.07) is -1.24. The molecule has 0 aliphatic carbocycles. The minimum Gasteiger partial charge on any atom is -0.480 e. The van der Waals surface area contributed by atoms with Crippen LogP contribution in [0, 0.1) is 0 Å². The third-order valence-corrected chi connectivity index (χ3v) is 2.64. The predicted octanol–water partition coefficient (Wildman–Crippen LogP) is -2.16. The smallest absolute Gasteiger partial charge is 0.328 e. The average Bonchev–Trinajstić information content (AvgIpc) is 2.26. The van der Waals surface area contributed by atoms with Crippen LogP contribution in [0.4, 0.5) is 0 Å². The summed E-state index contributed by atoms with van der Waals surface area (Å²) in [4.78, 5) is 24.3. The van der Waals surface area contributed by atoms with Gasteiger partial charge in [0, 0.05) is 26.2 Å². The number of carbonyl (C=O) groups is 2. The van der Waals surface area contributed by atoms with Crippen molar-refractivity contribution in [2.24, 2.45) is 0 Å². The zero-order chi connectivity index (χ0) is 12.8. The Labute approximate surface area is 99.8 Å². The quantitative estimate of drug-likeness (QED) is 0.440. The molecule has 1 saturated heterocycles. The summed E-state index contributed by atoms with van der Waals surface area (Å²) in [6.45, 7) is 4.68. The maximum Gasteiger partial charge on any atom is 0.328 e. The summed E-state index contributed by atoms with van der Waals surface area (Å²) in [5.74, 6) is -1.60. The van der Waals surface area contributed by atoms with Crippen LogP contribution < -0.4 is 10.6 Å². The highest BCUT2D eigenvalue weighted by atomic mass is 16.4. The Morgan fingerprint density at radius 3 is 2.47 bits per heavy atom. The fourth-order valence-electron chi connectivity index (χ4n) is 1.68. The van der Waals surface area contributed by atoms with Crippen molar-refractivity contribution in [1.29, 1.82) is 0 Å². The van der Waals surface area contributed by atoms with Crippen molar-refractivity contribution in [3.63, 3.8) is 0 Å². The second kappa shape index (κ2) is 6.53. The van der Waals surface area contributed by atoms with E-state index < -0.39 is 18.1 Å². The number of aliphatic hydroxyl groups excluding tert-OH is 1. The lowest BCUT2D eigenvalue weighted by atomic mass is 10.2. The highest BCUT2D eigenvalue weighted by molar-refractivity contribution is 5.85. The molecule has 98 valence electrons. The van der Waals surface area contributed by atoms with Gasteiger partial charge in [0.25, 0.3) is 0 Å². The Morgan fingerprint density at radius 2 is 2.00 bits per heavy atom. The SMILES string of the molecule is CC(O)C(NC(=O)CN1CCNCC1)C(=O)O. The van der Waals surface area contributed by atoms with E-state index in [2.05, 4.69) is 10.6 Å². The molecule has 4 N–H and O–H groups in total. The number of aliphatic carboxylic acids is 1. The van der Waals surface area contributed by atoms with Gasteiger partial charge in [0.1, 0.15) is 0 Å². The van der Waals surface area contributed by atoms with Crippen LogP contribution in [-0.2, 0) is 9.59 Å². The van der Waals surface area contributed by atoms with Crippen LogP contribution >= 0.6 is 0 Å². The number of nitrogens with one attached hydrogen (secondary N) is 2. The minimum atomic E-state index is -1.24. The second-order valence-corrected chi connectivity index (χ2v) is 4.15. The molecule has 0 aromatic rings. The molecule has 7 nitrogen and oxygen atoms in total. The maximum absolute atomic E-state index is 11.6. The lowest BCUT2D eigenvalue weighted by molar-refractivity contribution is -0.145. The van der Waals surface area contributed by atoms with Crippen molar-refractivity contribution in [3.8, 4) is 0 Å². The number of nitrogens with zero attached hydrogens (tertiary/aromatic N) is 1. The van der Waals surface area contributed by atoms with Crippen LogP contribution in [0.15, 0.2) is 0 Å². The Morgan fingerprint density at radius 1 is 1.41 bits per heavy atom. The van der Waals surface area contributed by atoms with Gasteiger partial charge in [0.2, 0.25) is 5.91 Å². The Bertz CT molecular complexity index is 277. The Kier molecular flexibility index (Phi) is 5.33. The Balaban J connectivity index is 2.38. The molecule has 1 heterocycles. The first kappa shape index (κ1) is 13.9. The van der Waals surface area contributed by atoms with Gasteiger partial charge < -0.3 is 20.8 Å². The molecule has 0 spiro atoms. The van der Waals surface area contributed by atoms with Crippen LogP contribution in [-0.4, -0.2) is 71.9 Å². The Hall–Kier alpha value is -1.18. The first-order valence-corrected chi connectivity index (χ1v) is 5.64. The first-order valence-electron chi connectivity index (χ1n) is 5.64. The van der Waals surface area contributed by atoms with E-state index in [4.69, 9.17) is 5.11 Å². The summed E-state index contributed by atoms with van der Waals surface area (Å²) >= 11 is 0. The number of aliphatic hydroxyl groups is 1. The van der Waals surface area contributed by atoms with Gasteiger partial charge in [0.05, 0.1) is 12.6 Å². The summed E-state index contributed by atoms with van der Waals surface area (Å²) in [7, 11) is 0. The molecule has 0 bridgehead atoms. The average molecular weight is 245 g/mol. The highest BCUT2D eigenvalue weighted by Gasteiger charge is 2.25. The lowest BCUT2D eigenvalue weighted by Crippen LogP contribution is -2.52. The van der Waals surface area contributed by atoms with E-state index in [9.17, 15) is 14.7 Å². The van der Waals surface area contributed by atoms with E-state index in [1.807, 2.05) is 4.90 Å². The van der Waals surface area contributed by atoms with Crippen molar-refractivity contribution >= 4 is 11.9 Å². The third kappa shape index (κ3) is 4.68. The number of hydrogen-bond acceptors (Lipinski definition) is 5. The number of hydrogen-bond donors (Lipinski definition) is 4. The lowest BCUT2D eigenvalue weighted by Gasteiger charge is -2.27. The van der Waals surface area contributed by atoms with Crippen molar-refractivity contribution in [2.45, 2.75) is 19.1 Å². The number of carboxylic acids is 1. The number of carbonyl (C=O) groups excluding carboxylic acids is 1. The normalized spacial score (nSPS) is 20.6. The molecule has 0 saturated carbocycles. The topological polar surface area (TPSA) is 102 Å². The summed E-state index contributed by atoms with van der Waals surface area (Å²) in [5.41, 5.74) is 0. The predicted molar refractivity (Wildman–Crippen MR) is 60.6 cm³/mol. The fourth-order valence-corrected chi connectivity index (χ4v) is 1.68. The van der Waals surface area contributed by atoms with Gasteiger partial charge in [0.15, 0.2) is 6.04 Å². The van der Waals surface area contributed by atoms with Gasteiger partial charge in [-0.2, -0.15) is 0 Å². The summed E-state index contributed by atoms with van der Waals surface area (Å²) in [5, 5.41) is 23.5. The van der Waals surface area contributed by atoms with Gasteiger partial charge in [-0.15, -0.1) is 0 Å². The number of rotatable bonds is 5. The van der Waals surface area contributed by atoms with E-state index in [-0.39, 0.29) is 12.5 Å². The van der Waals surface area contributed by atoms with Gasteiger partial charge in [-0.05, 0) is 6.92 Å². The molecule has 0 aromatic carbocycles. The van der Waals surface area contributed by atoms with Gasteiger partial charge in [-0.3, -0.25) is 9.69 Å². The fraction of sp³-hybridized carbons (Fsp3) is 0.800. The molecule has 7 heteroatoms. The standard InChI is InChI=1S/C10H19N3O4/c1-7(14)9(10(16)17)12-8(15)6-13-4-2-11-3-5-13/h7,9,11,14H,2-6H2,1H3,(H,12,15)(H,16,17). The molecule has 1 aliphatic rings. The number of carboxylic acid groups (broad SMARTS) is 1. The van der Waals surface area contributed by atoms with E-state index in [0.717, 1.165) is 26.2 Å². The minimum absolute atomic E-state index is 0.165. The van der Waals surface area contributed by atoms with Gasteiger partial charge in [-0.1, -0.05) is 0 Å². The van der Waals surface area contributed by atoms with Gasteiger partial charge >= 0.3 is 5.97 Å². The zero-order valence-electron chi connectivity index (χ0n) is 9.85. The molecule has 1 rings (SSSR count). The van der Waals surface area contributed by atoms with E-state index >= 15 is 0 Å². The maximum atomic E-state index is 11.6. The van der Waals surface area contributed by atoms with Crippen LogP contribution in [0.25, 0.3) is 0 Å². The molecule has 1 aliphatic heterocycles. The first-order chi connectivity index (χ1) is 8.00. The van der Waals surface area contributed by atoms with Crippen LogP contribution in [0.1, 0.15) is 6.92 Å².